The quantitative estimate of drug-likeness (QED) is 0.609. The summed E-state index contributed by atoms with van der Waals surface area (Å²) in [6.07, 6.45) is 1.84. The van der Waals surface area contributed by atoms with Crippen LogP contribution in [0.25, 0.3) is 5.57 Å². The van der Waals surface area contributed by atoms with Gasteiger partial charge in [-0.25, -0.2) is 4.79 Å². The Kier molecular flexibility index (Phi) is 5.39. The van der Waals surface area contributed by atoms with Gasteiger partial charge in [-0.05, 0) is 29.3 Å². The van der Waals surface area contributed by atoms with E-state index in [1.807, 2.05) is 42.5 Å². The summed E-state index contributed by atoms with van der Waals surface area (Å²) in [5.41, 5.74) is 2.54. The zero-order chi connectivity index (χ0) is 14.2. The first-order valence-electron chi connectivity index (χ1n) is 6.34. The van der Waals surface area contributed by atoms with E-state index in [0.29, 0.717) is 11.4 Å². The molecule has 0 saturated carbocycles. The van der Waals surface area contributed by atoms with Crippen LogP contribution >= 0.6 is 11.6 Å². The highest BCUT2D eigenvalue weighted by Crippen LogP contribution is 2.15. The maximum absolute atomic E-state index is 11.8. The molecule has 2 rings (SSSR count). The van der Waals surface area contributed by atoms with Crippen LogP contribution in [-0.2, 0) is 4.74 Å². The van der Waals surface area contributed by atoms with Crippen LogP contribution in [0.3, 0.4) is 0 Å². The number of allylic oxidation sites excluding steroid dienone is 1. The molecule has 3 heteroatoms. The number of benzene rings is 2. The summed E-state index contributed by atoms with van der Waals surface area (Å²) in [6, 6.07) is 18.7. The molecule has 0 aliphatic carbocycles. The third-order valence-electron chi connectivity index (χ3n) is 2.84. The van der Waals surface area contributed by atoms with Gasteiger partial charge in [-0.1, -0.05) is 48.5 Å². The monoisotopic (exact) mass is 286 g/mol. The highest BCUT2D eigenvalue weighted by atomic mass is 35.5. The minimum absolute atomic E-state index is 0.213. The molecule has 102 valence electrons. The van der Waals surface area contributed by atoms with Gasteiger partial charge in [0.05, 0.1) is 5.56 Å². The molecule has 0 saturated heterocycles. The van der Waals surface area contributed by atoms with Gasteiger partial charge in [-0.15, -0.1) is 11.6 Å². The third kappa shape index (κ3) is 3.97. The molecule has 0 heterocycles. The molecule has 0 unspecified atom stereocenters. The van der Waals surface area contributed by atoms with Crippen molar-refractivity contribution in [3.63, 3.8) is 0 Å². The largest absolute Gasteiger partial charge is 0.458 e. The highest BCUT2D eigenvalue weighted by Gasteiger charge is 2.05. The fraction of sp³-hybridized carbons (Fsp3) is 0.118. The fourth-order valence-corrected chi connectivity index (χ4v) is 2.04. The van der Waals surface area contributed by atoms with Gasteiger partial charge < -0.3 is 4.74 Å². The number of esters is 1. The summed E-state index contributed by atoms with van der Waals surface area (Å²) in [7, 11) is 0. The molecule has 0 amide bonds. The van der Waals surface area contributed by atoms with E-state index in [1.165, 1.54) is 0 Å². The Labute approximate surface area is 123 Å². The van der Waals surface area contributed by atoms with Gasteiger partial charge in [0.1, 0.15) is 6.61 Å². The van der Waals surface area contributed by atoms with Gasteiger partial charge in [-0.2, -0.15) is 0 Å². The Hall–Kier alpha value is -2.06. The minimum atomic E-state index is -0.330. The van der Waals surface area contributed by atoms with Crippen molar-refractivity contribution in [2.45, 2.75) is 0 Å². The molecule has 0 atom stereocenters. The standard InChI is InChI=1S/C17H15ClO2/c18-13-16(14-7-3-1-4-8-14)11-12-20-17(19)15-9-5-2-6-10-15/h1-11H,12-13H2. The lowest BCUT2D eigenvalue weighted by Gasteiger charge is -2.05. The maximum Gasteiger partial charge on any atom is 0.338 e. The number of alkyl halides is 1. The van der Waals surface area contributed by atoms with Crippen LogP contribution in [0.4, 0.5) is 0 Å². The fourth-order valence-electron chi connectivity index (χ4n) is 1.78. The van der Waals surface area contributed by atoms with Gasteiger partial charge in [0, 0.05) is 5.88 Å². The lowest BCUT2D eigenvalue weighted by molar-refractivity contribution is 0.0550. The molecule has 2 aromatic rings. The molecule has 0 spiro atoms. The Morgan fingerprint density at radius 2 is 1.50 bits per heavy atom. The first kappa shape index (κ1) is 14.4. The average Bonchev–Trinajstić information content (AvgIpc) is 2.53. The van der Waals surface area contributed by atoms with Crippen LogP contribution in [0.2, 0.25) is 0 Å². The zero-order valence-electron chi connectivity index (χ0n) is 11.0. The van der Waals surface area contributed by atoms with Crippen molar-refractivity contribution >= 4 is 23.1 Å². The number of hydrogen-bond donors (Lipinski definition) is 0. The minimum Gasteiger partial charge on any atom is -0.458 e. The maximum atomic E-state index is 11.8. The number of carbonyl (C=O) groups excluding carboxylic acids is 1. The van der Waals surface area contributed by atoms with Crippen molar-refractivity contribution in [1.82, 2.24) is 0 Å². The summed E-state index contributed by atoms with van der Waals surface area (Å²) in [5.74, 6) is 0.0521. The van der Waals surface area contributed by atoms with Crippen molar-refractivity contribution in [1.29, 1.82) is 0 Å². The van der Waals surface area contributed by atoms with Gasteiger partial charge >= 0.3 is 5.97 Å². The van der Waals surface area contributed by atoms with Crippen LogP contribution < -0.4 is 0 Å². The lowest BCUT2D eigenvalue weighted by Crippen LogP contribution is -2.05. The van der Waals surface area contributed by atoms with Crippen LogP contribution in [-0.4, -0.2) is 18.5 Å². The Bertz CT molecular complexity index is 576. The van der Waals surface area contributed by atoms with Crippen LogP contribution in [0.5, 0.6) is 0 Å². The van der Waals surface area contributed by atoms with E-state index in [9.17, 15) is 4.79 Å². The third-order valence-corrected chi connectivity index (χ3v) is 3.13. The molecule has 20 heavy (non-hydrogen) atoms. The number of carbonyl (C=O) groups is 1. The number of rotatable bonds is 5. The second kappa shape index (κ2) is 7.51. The van der Waals surface area contributed by atoms with E-state index >= 15 is 0 Å². The second-order valence-electron chi connectivity index (χ2n) is 4.19. The lowest BCUT2D eigenvalue weighted by atomic mass is 10.1. The first-order valence-corrected chi connectivity index (χ1v) is 6.87. The predicted octanol–water partition coefficient (Wildman–Crippen LogP) is 4.17. The normalized spacial score (nSPS) is 11.2. The predicted molar refractivity (Wildman–Crippen MR) is 81.9 cm³/mol. The second-order valence-corrected chi connectivity index (χ2v) is 4.46. The molecular formula is C17H15ClO2. The molecule has 0 aliphatic heterocycles. The number of hydrogen-bond acceptors (Lipinski definition) is 2. The van der Waals surface area contributed by atoms with E-state index in [0.717, 1.165) is 11.1 Å². The summed E-state index contributed by atoms with van der Waals surface area (Å²) < 4.78 is 5.21. The summed E-state index contributed by atoms with van der Waals surface area (Å²) in [4.78, 5) is 11.8. The SMILES string of the molecule is O=C(OCC=C(CCl)c1ccccc1)c1ccccc1. The van der Waals surface area contributed by atoms with Gasteiger partial charge in [0.2, 0.25) is 0 Å². The van der Waals surface area contributed by atoms with Crippen LogP contribution in [0.1, 0.15) is 15.9 Å². The molecule has 2 nitrogen and oxygen atoms in total. The molecule has 2 aromatic carbocycles. The molecule has 0 fully saturated rings. The zero-order valence-corrected chi connectivity index (χ0v) is 11.7. The van der Waals surface area contributed by atoms with Crippen molar-refractivity contribution in [2.75, 3.05) is 12.5 Å². The average molecular weight is 287 g/mol. The highest BCUT2D eigenvalue weighted by molar-refractivity contribution is 6.23. The number of halogens is 1. The summed E-state index contributed by atoms with van der Waals surface area (Å²) >= 11 is 5.93. The number of ether oxygens (including phenoxy) is 1. The van der Waals surface area contributed by atoms with Gasteiger partial charge in [0.25, 0.3) is 0 Å². The Morgan fingerprint density at radius 3 is 2.05 bits per heavy atom. The van der Waals surface area contributed by atoms with Crippen molar-refractivity contribution in [3.05, 3.63) is 77.9 Å². The van der Waals surface area contributed by atoms with E-state index in [2.05, 4.69) is 0 Å². The van der Waals surface area contributed by atoms with E-state index in [4.69, 9.17) is 16.3 Å². The van der Waals surface area contributed by atoms with Gasteiger partial charge in [-0.3, -0.25) is 0 Å². The van der Waals surface area contributed by atoms with Crippen molar-refractivity contribution in [3.8, 4) is 0 Å². The van der Waals surface area contributed by atoms with Crippen molar-refractivity contribution < 1.29 is 9.53 Å². The molecule has 0 aliphatic rings. The molecule has 0 N–H and O–H groups in total. The van der Waals surface area contributed by atoms with Crippen LogP contribution in [0, 0.1) is 0 Å². The van der Waals surface area contributed by atoms with E-state index in [-0.39, 0.29) is 12.6 Å². The van der Waals surface area contributed by atoms with Crippen LogP contribution in [0.15, 0.2) is 66.7 Å². The topological polar surface area (TPSA) is 26.3 Å². The Balaban J connectivity index is 1.97. The van der Waals surface area contributed by atoms with E-state index in [1.54, 1.807) is 24.3 Å². The molecule has 0 bridgehead atoms. The molecule has 0 radical (unpaired) electrons. The summed E-state index contributed by atoms with van der Waals surface area (Å²) in [5, 5.41) is 0. The van der Waals surface area contributed by atoms with E-state index < -0.39 is 0 Å². The molecular weight excluding hydrogens is 272 g/mol. The smallest absolute Gasteiger partial charge is 0.338 e. The molecule has 0 aromatic heterocycles. The van der Waals surface area contributed by atoms with Gasteiger partial charge in [0.15, 0.2) is 0 Å². The summed E-state index contributed by atoms with van der Waals surface area (Å²) in [6.45, 7) is 0.213. The Morgan fingerprint density at radius 1 is 0.950 bits per heavy atom. The van der Waals surface area contributed by atoms with Crippen molar-refractivity contribution in [2.24, 2.45) is 0 Å². The first-order chi connectivity index (χ1) is 9.81.